The van der Waals surface area contributed by atoms with Gasteiger partial charge in [-0.3, -0.25) is 9.69 Å². The van der Waals surface area contributed by atoms with Crippen LogP contribution in [0.25, 0.3) is 21.0 Å². The van der Waals surface area contributed by atoms with Gasteiger partial charge in [0.05, 0.1) is 36.1 Å². The molecular weight excluding hydrogens is 420 g/mol. The van der Waals surface area contributed by atoms with E-state index >= 15 is 0 Å². The molecule has 0 saturated heterocycles. The molecule has 0 N–H and O–H groups in total. The van der Waals surface area contributed by atoms with Gasteiger partial charge in [-0.15, -0.1) is 0 Å². The second-order valence-corrected chi connectivity index (χ2v) is 8.49. The molecule has 1 amide bonds. The van der Waals surface area contributed by atoms with E-state index in [-0.39, 0.29) is 12.3 Å². The predicted molar refractivity (Wildman–Crippen MR) is 128 cm³/mol. The number of thiazole rings is 1. The molecule has 0 aliphatic heterocycles. The SMILES string of the molecule is CCOc1ccc2nc(N(Cc3ccco3)C(=O)Cc3ccc4ccccc4c3)sc2c1. The zero-order valence-electron chi connectivity index (χ0n) is 17.7. The lowest BCUT2D eigenvalue weighted by atomic mass is 10.0. The van der Waals surface area contributed by atoms with E-state index in [0.29, 0.717) is 24.0 Å². The average molecular weight is 443 g/mol. The van der Waals surface area contributed by atoms with Crippen LogP contribution in [0.15, 0.2) is 83.5 Å². The summed E-state index contributed by atoms with van der Waals surface area (Å²) in [5.74, 6) is 1.49. The first-order valence-corrected chi connectivity index (χ1v) is 11.3. The van der Waals surface area contributed by atoms with Crippen LogP contribution in [-0.4, -0.2) is 17.5 Å². The van der Waals surface area contributed by atoms with Crippen molar-refractivity contribution in [2.45, 2.75) is 19.9 Å². The highest BCUT2D eigenvalue weighted by atomic mass is 32.1. The number of ether oxygens (including phenoxy) is 1. The molecule has 0 aliphatic rings. The van der Waals surface area contributed by atoms with Crippen molar-refractivity contribution < 1.29 is 13.9 Å². The zero-order valence-corrected chi connectivity index (χ0v) is 18.5. The zero-order chi connectivity index (χ0) is 21.9. The van der Waals surface area contributed by atoms with Crippen molar-refractivity contribution in [3.8, 4) is 5.75 Å². The molecular formula is C26H22N2O3S. The Morgan fingerprint density at radius 1 is 1.03 bits per heavy atom. The third kappa shape index (κ3) is 4.22. The molecule has 32 heavy (non-hydrogen) atoms. The standard InChI is InChI=1S/C26H22N2O3S/c1-2-30-21-11-12-23-24(16-21)32-26(27-23)28(17-22-8-5-13-31-22)25(29)15-18-9-10-19-6-3-4-7-20(19)14-18/h3-14,16H,2,15,17H2,1H3. The van der Waals surface area contributed by atoms with Gasteiger partial charge in [0, 0.05) is 0 Å². The molecule has 0 atom stereocenters. The van der Waals surface area contributed by atoms with Crippen LogP contribution in [0.4, 0.5) is 5.13 Å². The number of fused-ring (bicyclic) bond motifs is 2. The molecule has 160 valence electrons. The van der Waals surface area contributed by atoms with Crippen molar-refractivity contribution >= 4 is 43.4 Å². The van der Waals surface area contributed by atoms with Crippen molar-refractivity contribution in [1.82, 2.24) is 4.98 Å². The minimum Gasteiger partial charge on any atom is -0.494 e. The molecule has 3 aromatic carbocycles. The Labute approximate surface area is 189 Å². The van der Waals surface area contributed by atoms with Crippen LogP contribution in [-0.2, 0) is 17.8 Å². The molecule has 5 rings (SSSR count). The molecule has 0 bridgehead atoms. The van der Waals surface area contributed by atoms with Crippen LogP contribution >= 0.6 is 11.3 Å². The van der Waals surface area contributed by atoms with Crippen LogP contribution in [0.5, 0.6) is 5.75 Å². The Morgan fingerprint density at radius 3 is 2.72 bits per heavy atom. The number of furan rings is 1. The van der Waals surface area contributed by atoms with E-state index in [1.54, 1.807) is 11.2 Å². The summed E-state index contributed by atoms with van der Waals surface area (Å²) in [6, 6.07) is 23.8. The number of anilines is 1. The quantitative estimate of drug-likeness (QED) is 0.300. The number of carbonyl (C=O) groups is 1. The Morgan fingerprint density at radius 2 is 1.91 bits per heavy atom. The van der Waals surface area contributed by atoms with Crippen molar-refractivity contribution in [3.63, 3.8) is 0 Å². The Balaban J connectivity index is 1.47. The molecule has 6 heteroatoms. The van der Waals surface area contributed by atoms with Gasteiger partial charge in [0.2, 0.25) is 5.91 Å². The highest BCUT2D eigenvalue weighted by molar-refractivity contribution is 7.22. The first kappa shape index (κ1) is 20.3. The molecule has 5 nitrogen and oxygen atoms in total. The number of benzene rings is 3. The van der Waals surface area contributed by atoms with Gasteiger partial charge in [-0.1, -0.05) is 53.8 Å². The number of amides is 1. The number of carbonyl (C=O) groups excluding carboxylic acids is 1. The molecule has 0 spiro atoms. The minimum absolute atomic E-state index is 0.0271. The maximum atomic E-state index is 13.4. The Kier molecular flexibility index (Phi) is 5.60. The average Bonchev–Trinajstić information content (AvgIpc) is 3.47. The monoisotopic (exact) mass is 442 g/mol. The summed E-state index contributed by atoms with van der Waals surface area (Å²) in [5, 5.41) is 2.93. The third-order valence-corrected chi connectivity index (χ3v) is 6.30. The van der Waals surface area contributed by atoms with Crippen molar-refractivity contribution in [3.05, 3.63) is 90.4 Å². The minimum atomic E-state index is -0.0271. The summed E-state index contributed by atoms with van der Waals surface area (Å²) in [4.78, 5) is 19.9. The number of hydrogen-bond donors (Lipinski definition) is 0. The topological polar surface area (TPSA) is 55.6 Å². The van der Waals surface area contributed by atoms with Crippen molar-refractivity contribution in [1.29, 1.82) is 0 Å². The van der Waals surface area contributed by atoms with Gasteiger partial charge in [0.1, 0.15) is 11.5 Å². The second-order valence-electron chi connectivity index (χ2n) is 7.48. The van der Waals surface area contributed by atoms with Gasteiger partial charge < -0.3 is 9.15 Å². The fraction of sp³-hybridized carbons (Fsp3) is 0.154. The Hall–Kier alpha value is -3.64. The molecule has 2 aromatic heterocycles. The Bertz CT molecular complexity index is 1370. The number of nitrogens with zero attached hydrogens (tertiary/aromatic N) is 2. The summed E-state index contributed by atoms with van der Waals surface area (Å²) in [6.45, 7) is 2.89. The second kappa shape index (κ2) is 8.85. The van der Waals surface area contributed by atoms with E-state index in [1.165, 1.54) is 11.3 Å². The van der Waals surface area contributed by atoms with E-state index in [1.807, 2.05) is 55.5 Å². The fourth-order valence-electron chi connectivity index (χ4n) is 3.70. The molecule has 0 unspecified atom stereocenters. The van der Waals surface area contributed by atoms with Crippen LogP contribution < -0.4 is 9.64 Å². The van der Waals surface area contributed by atoms with Gasteiger partial charge in [0.25, 0.3) is 0 Å². The maximum Gasteiger partial charge on any atom is 0.233 e. The molecule has 0 radical (unpaired) electrons. The lowest BCUT2D eigenvalue weighted by Gasteiger charge is -2.19. The highest BCUT2D eigenvalue weighted by Crippen LogP contribution is 2.33. The largest absolute Gasteiger partial charge is 0.494 e. The predicted octanol–water partition coefficient (Wildman–Crippen LogP) is 6.22. The van der Waals surface area contributed by atoms with Crippen LogP contribution in [0.3, 0.4) is 0 Å². The first-order valence-electron chi connectivity index (χ1n) is 10.5. The van der Waals surface area contributed by atoms with Gasteiger partial charge in [0.15, 0.2) is 5.13 Å². The van der Waals surface area contributed by atoms with E-state index < -0.39 is 0 Å². The van der Waals surface area contributed by atoms with E-state index in [0.717, 1.165) is 32.3 Å². The molecule has 0 fully saturated rings. The smallest absolute Gasteiger partial charge is 0.233 e. The lowest BCUT2D eigenvalue weighted by molar-refractivity contribution is -0.118. The first-order chi connectivity index (χ1) is 15.7. The molecule has 5 aromatic rings. The summed E-state index contributed by atoms with van der Waals surface area (Å²) >= 11 is 1.48. The van der Waals surface area contributed by atoms with Crippen LogP contribution in [0, 0.1) is 0 Å². The van der Waals surface area contributed by atoms with E-state index in [2.05, 4.69) is 24.3 Å². The number of aromatic nitrogens is 1. The van der Waals surface area contributed by atoms with Crippen LogP contribution in [0.2, 0.25) is 0 Å². The van der Waals surface area contributed by atoms with Crippen molar-refractivity contribution in [2.24, 2.45) is 0 Å². The van der Waals surface area contributed by atoms with Crippen LogP contribution in [0.1, 0.15) is 18.2 Å². The maximum absolute atomic E-state index is 13.4. The molecule has 0 saturated carbocycles. The molecule has 0 aliphatic carbocycles. The summed E-state index contributed by atoms with van der Waals surface area (Å²) in [6.07, 6.45) is 1.90. The van der Waals surface area contributed by atoms with E-state index in [9.17, 15) is 4.79 Å². The highest BCUT2D eigenvalue weighted by Gasteiger charge is 2.22. The number of hydrogen-bond acceptors (Lipinski definition) is 5. The summed E-state index contributed by atoms with van der Waals surface area (Å²) in [7, 11) is 0. The third-order valence-electron chi connectivity index (χ3n) is 5.25. The van der Waals surface area contributed by atoms with Crippen molar-refractivity contribution in [2.75, 3.05) is 11.5 Å². The number of rotatable bonds is 7. The van der Waals surface area contributed by atoms with Gasteiger partial charge in [-0.25, -0.2) is 4.98 Å². The van der Waals surface area contributed by atoms with Gasteiger partial charge in [-0.05, 0) is 53.6 Å². The molecule has 2 heterocycles. The fourth-order valence-corrected chi connectivity index (χ4v) is 4.71. The lowest BCUT2D eigenvalue weighted by Crippen LogP contribution is -2.31. The van der Waals surface area contributed by atoms with E-state index in [4.69, 9.17) is 14.1 Å². The summed E-state index contributed by atoms with van der Waals surface area (Å²) < 4.78 is 12.1. The normalized spacial score (nSPS) is 11.2. The summed E-state index contributed by atoms with van der Waals surface area (Å²) in [5.41, 5.74) is 1.81. The van der Waals surface area contributed by atoms with Gasteiger partial charge >= 0.3 is 0 Å². The van der Waals surface area contributed by atoms with Gasteiger partial charge in [-0.2, -0.15) is 0 Å².